The third-order valence-corrected chi connectivity index (χ3v) is 5.77. The van der Waals surface area contributed by atoms with Crippen molar-refractivity contribution in [2.24, 2.45) is 5.14 Å². The number of nitrogens with zero attached hydrogens (tertiary/aromatic N) is 4. The van der Waals surface area contributed by atoms with Gasteiger partial charge >= 0.3 is 0 Å². The number of sulfonamides is 1. The van der Waals surface area contributed by atoms with Gasteiger partial charge < -0.3 is 0 Å². The molecule has 4 rings (SSSR count). The van der Waals surface area contributed by atoms with Crippen LogP contribution in [0.15, 0.2) is 71.6 Å². The molecule has 0 atom stereocenters. The van der Waals surface area contributed by atoms with Crippen LogP contribution in [0.3, 0.4) is 0 Å². The van der Waals surface area contributed by atoms with E-state index in [-0.39, 0.29) is 4.90 Å². The molecular formula is C21H23N5O2S. The predicted octanol–water partition coefficient (Wildman–Crippen LogP) is 2.27. The Labute approximate surface area is 170 Å². The largest absolute Gasteiger partial charge is 0.292 e. The molecule has 29 heavy (non-hydrogen) atoms. The molecule has 1 aliphatic heterocycles. The molecule has 0 radical (unpaired) electrons. The first-order chi connectivity index (χ1) is 14.0. The molecule has 0 aliphatic carbocycles. The second-order valence-corrected chi connectivity index (χ2v) is 8.61. The maximum absolute atomic E-state index is 11.5. The van der Waals surface area contributed by atoms with Crippen molar-refractivity contribution in [3.05, 3.63) is 84.0 Å². The summed E-state index contributed by atoms with van der Waals surface area (Å²) in [5, 5.41) is 9.93. The van der Waals surface area contributed by atoms with Crippen LogP contribution in [-0.2, 0) is 23.0 Å². The number of rotatable bonds is 6. The molecule has 1 aromatic heterocycles. The minimum absolute atomic E-state index is 0.0753. The molecule has 0 fully saturated rings. The van der Waals surface area contributed by atoms with E-state index in [0.717, 1.165) is 42.4 Å². The fourth-order valence-electron chi connectivity index (χ4n) is 3.37. The Morgan fingerprint density at radius 3 is 2.41 bits per heavy atom. The van der Waals surface area contributed by atoms with Gasteiger partial charge in [-0.1, -0.05) is 42.5 Å². The van der Waals surface area contributed by atoms with Crippen LogP contribution in [0.4, 0.5) is 0 Å². The molecule has 1 aliphatic rings. The van der Waals surface area contributed by atoms with Gasteiger partial charge in [0, 0.05) is 19.5 Å². The topological polar surface area (TPSA) is 94.1 Å². The van der Waals surface area contributed by atoms with Crippen LogP contribution in [0.5, 0.6) is 0 Å². The molecule has 0 amide bonds. The average Bonchev–Trinajstić information content (AvgIpc) is 3.11. The molecule has 0 saturated heterocycles. The first-order valence-electron chi connectivity index (χ1n) is 9.48. The zero-order chi connectivity index (χ0) is 20.3. The van der Waals surface area contributed by atoms with Crippen molar-refractivity contribution in [2.75, 3.05) is 13.1 Å². The molecule has 0 saturated carbocycles. The molecule has 2 N–H and O–H groups in total. The van der Waals surface area contributed by atoms with Gasteiger partial charge in [0.1, 0.15) is 5.82 Å². The number of aromatic nitrogens is 3. The van der Waals surface area contributed by atoms with E-state index in [1.807, 2.05) is 18.2 Å². The van der Waals surface area contributed by atoms with Gasteiger partial charge in [-0.25, -0.2) is 23.2 Å². The fraction of sp³-hybridized carbons (Fsp3) is 0.238. The molecular weight excluding hydrogens is 386 g/mol. The molecule has 0 unspecified atom stereocenters. The molecule has 0 spiro atoms. The molecule has 7 nitrogen and oxygen atoms in total. The highest BCUT2D eigenvalue weighted by molar-refractivity contribution is 7.89. The number of nitrogens with two attached hydrogens (primary N) is 1. The van der Waals surface area contributed by atoms with Crippen LogP contribution in [0, 0.1) is 0 Å². The van der Waals surface area contributed by atoms with Crippen molar-refractivity contribution < 1.29 is 8.42 Å². The van der Waals surface area contributed by atoms with Gasteiger partial charge in [-0.2, -0.15) is 0 Å². The SMILES string of the molecule is NS(=O)(=O)c1ccc(-n2nc(CN3CC=CCC3)nc2Cc2ccccc2)cc1. The van der Waals surface area contributed by atoms with Crippen LogP contribution in [-0.4, -0.2) is 41.2 Å². The normalized spacial score (nSPS) is 14.9. The number of hydrogen-bond donors (Lipinski definition) is 1. The Hall–Kier alpha value is -2.81. The van der Waals surface area contributed by atoms with Crippen LogP contribution in [0.2, 0.25) is 0 Å². The lowest BCUT2D eigenvalue weighted by Crippen LogP contribution is -2.27. The maximum atomic E-state index is 11.5. The highest BCUT2D eigenvalue weighted by Crippen LogP contribution is 2.17. The van der Waals surface area contributed by atoms with Crippen LogP contribution < -0.4 is 5.14 Å². The summed E-state index contributed by atoms with van der Waals surface area (Å²) in [5.41, 5.74) is 1.88. The summed E-state index contributed by atoms with van der Waals surface area (Å²) in [6, 6.07) is 16.5. The lowest BCUT2D eigenvalue weighted by Gasteiger charge is -2.20. The van der Waals surface area contributed by atoms with Gasteiger partial charge in [0.15, 0.2) is 5.82 Å². The van der Waals surface area contributed by atoms with Crippen molar-refractivity contribution >= 4 is 10.0 Å². The van der Waals surface area contributed by atoms with Gasteiger partial charge in [0.25, 0.3) is 0 Å². The van der Waals surface area contributed by atoms with E-state index in [1.165, 1.54) is 12.1 Å². The lowest BCUT2D eigenvalue weighted by molar-refractivity contribution is 0.283. The Morgan fingerprint density at radius 2 is 1.76 bits per heavy atom. The summed E-state index contributed by atoms with van der Waals surface area (Å²) in [5.74, 6) is 1.56. The Morgan fingerprint density at radius 1 is 1.00 bits per heavy atom. The summed E-state index contributed by atoms with van der Waals surface area (Å²) >= 11 is 0. The maximum Gasteiger partial charge on any atom is 0.238 e. The number of primary sulfonamides is 1. The highest BCUT2D eigenvalue weighted by Gasteiger charge is 2.16. The monoisotopic (exact) mass is 409 g/mol. The average molecular weight is 410 g/mol. The summed E-state index contributed by atoms with van der Waals surface area (Å²) in [4.78, 5) is 7.17. The number of hydrogen-bond acceptors (Lipinski definition) is 5. The summed E-state index contributed by atoms with van der Waals surface area (Å²) in [7, 11) is -3.73. The molecule has 0 bridgehead atoms. The Balaban J connectivity index is 1.67. The van der Waals surface area contributed by atoms with Gasteiger partial charge in [-0.3, -0.25) is 4.90 Å². The third-order valence-electron chi connectivity index (χ3n) is 4.84. The minimum atomic E-state index is -3.73. The van der Waals surface area contributed by atoms with Crippen LogP contribution >= 0.6 is 0 Å². The van der Waals surface area contributed by atoms with E-state index >= 15 is 0 Å². The van der Waals surface area contributed by atoms with Gasteiger partial charge in [0.05, 0.1) is 17.1 Å². The zero-order valence-electron chi connectivity index (χ0n) is 16.0. The first kappa shape index (κ1) is 19.5. The van der Waals surface area contributed by atoms with E-state index in [4.69, 9.17) is 15.2 Å². The Kier molecular flexibility index (Phi) is 5.57. The van der Waals surface area contributed by atoms with Crippen molar-refractivity contribution in [1.82, 2.24) is 19.7 Å². The third kappa shape index (κ3) is 4.79. The van der Waals surface area contributed by atoms with Crippen molar-refractivity contribution in [3.8, 4) is 5.69 Å². The van der Waals surface area contributed by atoms with E-state index in [9.17, 15) is 8.42 Å². The highest BCUT2D eigenvalue weighted by atomic mass is 32.2. The van der Waals surface area contributed by atoms with E-state index in [1.54, 1.807) is 16.8 Å². The molecule has 8 heteroatoms. The molecule has 3 aromatic rings. The van der Waals surface area contributed by atoms with Crippen LogP contribution in [0.1, 0.15) is 23.6 Å². The summed E-state index contributed by atoms with van der Waals surface area (Å²) < 4.78 is 24.9. The lowest BCUT2D eigenvalue weighted by atomic mass is 10.1. The molecule has 2 heterocycles. The minimum Gasteiger partial charge on any atom is -0.292 e. The first-order valence-corrected chi connectivity index (χ1v) is 11.0. The second kappa shape index (κ2) is 8.28. The van der Waals surface area contributed by atoms with Crippen molar-refractivity contribution in [3.63, 3.8) is 0 Å². The standard InChI is InChI=1S/C21H23N5O2S/c22-29(27,28)19-11-9-18(10-12-19)26-21(15-17-7-3-1-4-8-17)23-20(24-26)16-25-13-5-2-6-14-25/h1-5,7-12H,6,13-16H2,(H2,22,27,28). The molecule has 2 aromatic carbocycles. The van der Waals surface area contributed by atoms with Gasteiger partial charge in [-0.15, -0.1) is 5.10 Å². The van der Waals surface area contributed by atoms with Crippen LogP contribution in [0.25, 0.3) is 5.69 Å². The second-order valence-electron chi connectivity index (χ2n) is 7.05. The van der Waals surface area contributed by atoms with E-state index < -0.39 is 10.0 Å². The fourth-order valence-corrected chi connectivity index (χ4v) is 3.88. The van der Waals surface area contributed by atoms with Gasteiger partial charge in [0.2, 0.25) is 10.0 Å². The summed E-state index contributed by atoms with van der Waals surface area (Å²) in [6.07, 6.45) is 6.02. The predicted molar refractivity (Wildman–Crippen MR) is 111 cm³/mol. The van der Waals surface area contributed by atoms with E-state index in [2.05, 4.69) is 29.2 Å². The molecule has 150 valence electrons. The Bertz CT molecular complexity index is 1110. The quantitative estimate of drug-likeness (QED) is 0.630. The summed E-state index contributed by atoms with van der Waals surface area (Å²) in [6.45, 7) is 2.56. The van der Waals surface area contributed by atoms with Crippen molar-refractivity contribution in [2.45, 2.75) is 24.3 Å². The zero-order valence-corrected chi connectivity index (χ0v) is 16.8. The smallest absolute Gasteiger partial charge is 0.238 e. The van der Waals surface area contributed by atoms with E-state index in [0.29, 0.717) is 13.0 Å². The van der Waals surface area contributed by atoms with Gasteiger partial charge in [-0.05, 0) is 36.2 Å². The van der Waals surface area contributed by atoms with Crippen molar-refractivity contribution in [1.29, 1.82) is 0 Å². The number of benzene rings is 2.